The molecule has 0 aliphatic carbocycles. The van der Waals surface area contributed by atoms with E-state index in [9.17, 15) is 9.18 Å². The van der Waals surface area contributed by atoms with Gasteiger partial charge in [-0.25, -0.2) is 19.2 Å². The van der Waals surface area contributed by atoms with E-state index in [4.69, 9.17) is 4.98 Å². The van der Waals surface area contributed by atoms with Crippen molar-refractivity contribution in [3.8, 4) is 0 Å². The van der Waals surface area contributed by atoms with E-state index in [0.29, 0.717) is 55.8 Å². The van der Waals surface area contributed by atoms with Gasteiger partial charge in [-0.3, -0.25) is 0 Å². The molecule has 2 aromatic carbocycles. The fraction of sp³-hybridized carbons (Fsp3) is 0.433. The number of halogens is 1. The van der Waals surface area contributed by atoms with Crippen molar-refractivity contribution in [3.05, 3.63) is 82.1 Å². The normalized spacial score (nSPS) is 14.0. The second-order valence-corrected chi connectivity index (χ2v) is 10.5. The minimum absolute atomic E-state index is 0.0729. The Hall–Kier alpha value is -3.48. The van der Waals surface area contributed by atoms with Crippen LogP contribution in [0.5, 0.6) is 0 Å². The first-order chi connectivity index (χ1) is 17.7. The SMILES string of the molecule is Cc1nc(C)c(Cc2ccccc2F)c(N2CCN(C(=O)Nc3c(C(C)C)cccc3C(C)C)CC2)n1. The summed E-state index contributed by atoms with van der Waals surface area (Å²) in [7, 11) is 0. The molecule has 7 heteroatoms. The third-order valence-electron chi connectivity index (χ3n) is 7.10. The van der Waals surface area contributed by atoms with E-state index < -0.39 is 0 Å². The molecule has 196 valence electrons. The lowest BCUT2D eigenvalue weighted by Gasteiger charge is -2.37. The molecule has 0 unspecified atom stereocenters. The van der Waals surface area contributed by atoms with Crippen LogP contribution in [0, 0.1) is 19.7 Å². The van der Waals surface area contributed by atoms with Crippen LogP contribution >= 0.6 is 0 Å². The molecule has 0 radical (unpaired) electrons. The van der Waals surface area contributed by atoms with E-state index in [0.717, 1.165) is 33.9 Å². The minimum Gasteiger partial charge on any atom is -0.353 e. The highest BCUT2D eigenvalue weighted by molar-refractivity contribution is 5.91. The van der Waals surface area contributed by atoms with Crippen molar-refractivity contribution in [2.45, 2.75) is 59.8 Å². The van der Waals surface area contributed by atoms with Gasteiger partial charge in [0.2, 0.25) is 0 Å². The van der Waals surface area contributed by atoms with Gasteiger partial charge in [-0.05, 0) is 48.4 Å². The molecular formula is C30H38FN5O. The number of aryl methyl sites for hydroxylation is 2. The molecule has 1 aromatic heterocycles. The van der Waals surface area contributed by atoms with Crippen LogP contribution in [-0.4, -0.2) is 47.1 Å². The Balaban J connectivity index is 1.51. The fourth-order valence-corrected chi connectivity index (χ4v) is 5.02. The molecule has 2 heterocycles. The third kappa shape index (κ3) is 5.92. The van der Waals surface area contributed by atoms with E-state index in [2.05, 4.69) is 61.1 Å². The van der Waals surface area contributed by atoms with Crippen molar-refractivity contribution in [3.63, 3.8) is 0 Å². The summed E-state index contributed by atoms with van der Waals surface area (Å²) in [6, 6.07) is 13.0. The number of nitrogens with zero attached hydrogens (tertiary/aromatic N) is 4. The molecule has 1 aliphatic rings. The van der Waals surface area contributed by atoms with E-state index >= 15 is 0 Å². The van der Waals surface area contributed by atoms with Crippen LogP contribution in [-0.2, 0) is 6.42 Å². The zero-order valence-corrected chi connectivity index (χ0v) is 22.8. The molecular weight excluding hydrogens is 465 g/mol. The molecule has 1 N–H and O–H groups in total. The number of carbonyl (C=O) groups is 1. The number of nitrogens with one attached hydrogen (secondary N) is 1. The smallest absolute Gasteiger partial charge is 0.321 e. The summed E-state index contributed by atoms with van der Waals surface area (Å²) >= 11 is 0. The van der Waals surface area contributed by atoms with Crippen LogP contribution in [0.25, 0.3) is 0 Å². The summed E-state index contributed by atoms with van der Waals surface area (Å²) < 4.78 is 14.4. The van der Waals surface area contributed by atoms with Gasteiger partial charge in [0.05, 0.1) is 0 Å². The molecule has 4 rings (SSSR count). The highest BCUT2D eigenvalue weighted by Crippen LogP contribution is 2.33. The summed E-state index contributed by atoms with van der Waals surface area (Å²) in [6.07, 6.45) is 0.429. The van der Waals surface area contributed by atoms with Crippen LogP contribution in [0.1, 0.15) is 73.3 Å². The second kappa shape index (κ2) is 11.3. The Kier molecular flexibility index (Phi) is 8.10. The van der Waals surface area contributed by atoms with Gasteiger partial charge in [-0.1, -0.05) is 64.1 Å². The maximum atomic E-state index is 14.4. The van der Waals surface area contributed by atoms with Crippen molar-refractivity contribution < 1.29 is 9.18 Å². The number of hydrogen-bond acceptors (Lipinski definition) is 4. The van der Waals surface area contributed by atoms with Crippen LogP contribution in [0.3, 0.4) is 0 Å². The summed E-state index contributed by atoms with van der Waals surface area (Å²) in [5.74, 6) is 1.92. The number of rotatable bonds is 6. The Bertz CT molecular complexity index is 1240. The topological polar surface area (TPSA) is 61.4 Å². The van der Waals surface area contributed by atoms with Crippen molar-refractivity contribution in [2.24, 2.45) is 0 Å². The monoisotopic (exact) mass is 503 g/mol. The Morgan fingerprint density at radius 1 is 0.919 bits per heavy atom. The molecule has 6 nitrogen and oxygen atoms in total. The molecule has 0 spiro atoms. The number of para-hydroxylation sites is 1. The fourth-order valence-electron chi connectivity index (χ4n) is 5.02. The van der Waals surface area contributed by atoms with Gasteiger partial charge in [0.15, 0.2) is 0 Å². The average Bonchev–Trinajstić information content (AvgIpc) is 2.86. The molecule has 2 amide bonds. The Morgan fingerprint density at radius 3 is 2.14 bits per heavy atom. The van der Waals surface area contributed by atoms with Crippen LogP contribution in [0.2, 0.25) is 0 Å². The Morgan fingerprint density at radius 2 is 1.54 bits per heavy atom. The predicted octanol–water partition coefficient (Wildman–Crippen LogP) is 6.42. The zero-order chi connectivity index (χ0) is 26.7. The predicted molar refractivity (Wildman–Crippen MR) is 148 cm³/mol. The number of benzene rings is 2. The van der Waals surface area contributed by atoms with Gasteiger partial charge in [-0.15, -0.1) is 0 Å². The average molecular weight is 504 g/mol. The summed E-state index contributed by atoms with van der Waals surface area (Å²) in [6.45, 7) is 14.9. The highest BCUT2D eigenvalue weighted by atomic mass is 19.1. The molecule has 0 atom stereocenters. The standard InChI is InChI=1S/C30H38FN5O/c1-19(2)24-11-9-12-25(20(3)4)28(24)34-30(37)36-16-14-35(15-17-36)29-26(21(5)32-22(6)33-29)18-23-10-7-8-13-27(23)31/h7-13,19-20H,14-18H2,1-6H3,(H,34,37). The zero-order valence-electron chi connectivity index (χ0n) is 22.8. The lowest BCUT2D eigenvalue weighted by atomic mass is 9.93. The molecule has 37 heavy (non-hydrogen) atoms. The molecule has 0 bridgehead atoms. The van der Waals surface area contributed by atoms with Crippen molar-refractivity contribution in [2.75, 3.05) is 36.4 Å². The molecule has 3 aromatic rings. The third-order valence-corrected chi connectivity index (χ3v) is 7.10. The molecule has 1 saturated heterocycles. The largest absolute Gasteiger partial charge is 0.353 e. The lowest BCUT2D eigenvalue weighted by Crippen LogP contribution is -2.50. The number of urea groups is 1. The van der Waals surface area contributed by atoms with E-state index in [1.54, 1.807) is 12.1 Å². The number of anilines is 2. The van der Waals surface area contributed by atoms with Crippen molar-refractivity contribution in [1.29, 1.82) is 0 Å². The van der Waals surface area contributed by atoms with Gasteiger partial charge in [0.25, 0.3) is 0 Å². The molecule has 0 saturated carbocycles. The van der Waals surface area contributed by atoms with Crippen LogP contribution < -0.4 is 10.2 Å². The van der Waals surface area contributed by atoms with E-state index in [1.807, 2.05) is 24.8 Å². The Labute approximate surface area is 219 Å². The first kappa shape index (κ1) is 26.6. The van der Waals surface area contributed by atoms with E-state index in [1.165, 1.54) is 6.07 Å². The van der Waals surface area contributed by atoms with Crippen molar-refractivity contribution in [1.82, 2.24) is 14.9 Å². The second-order valence-electron chi connectivity index (χ2n) is 10.5. The number of aromatic nitrogens is 2. The first-order valence-electron chi connectivity index (χ1n) is 13.2. The maximum Gasteiger partial charge on any atom is 0.321 e. The minimum atomic E-state index is -0.225. The maximum absolute atomic E-state index is 14.4. The van der Waals surface area contributed by atoms with Crippen LogP contribution in [0.15, 0.2) is 42.5 Å². The molecule has 1 fully saturated rings. The number of carbonyl (C=O) groups excluding carboxylic acids is 1. The van der Waals surface area contributed by atoms with Gasteiger partial charge in [-0.2, -0.15) is 0 Å². The lowest BCUT2D eigenvalue weighted by molar-refractivity contribution is 0.208. The van der Waals surface area contributed by atoms with Gasteiger partial charge in [0.1, 0.15) is 17.5 Å². The quantitative estimate of drug-likeness (QED) is 0.421. The van der Waals surface area contributed by atoms with Crippen LogP contribution in [0.4, 0.5) is 20.7 Å². The summed E-state index contributed by atoms with van der Waals surface area (Å²) in [5.41, 5.74) is 5.67. The number of piperazine rings is 1. The number of hydrogen-bond donors (Lipinski definition) is 1. The van der Waals surface area contributed by atoms with Gasteiger partial charge >= 0.3 is 6.03 Å². The van der Waals surface area contributed by atoms with Gasteiger partial charge in [0, 0.05) is 49.5 Å². The van der Waals surface area contributed by atoms with Crippen molar-refractivity contribution >= 4 is 17.5 Å². The first-order valence-corrected chi connectivity index (χ1v) is 13.2. The summed E-state index contributed by atoms with van der Waals surface area (Å²) in [5, 5.41) is 3.24. The highest BCUT2D eigenvalue weighted by Gasteiger charge is 2.26. The van der Waals surface area contributed by atoms with E-state index in [-0.39, 0.29) is 11.8 Å². The van der Waals surface area contributed by atoms with Gasteiger partial charge < -0.3 is 15.1 Å². The molecule has 1 aliphatic heterocycles. The number of amides is 2. The summed E-state index contributed by atoms with van der Waals surface area (Å²) in [4.78, 5) is 26.7.